The van der Waals surface area contributed by atoms with Crippen molar-refractivity contribution in [2.45, 2.75) is 50.5 Å². The first kappa shape index (κ1) is 25.8. The van der Waals surface area contributed by atoms with Gasteiger partial charge in [-0.3, -0.25) is 9.59 Å². The molecule has 0 heterocycles. The summed E-state index contributed by atoms with van der Waals surface area (Å²) in [4.78, 5) is 37.9. The number of unbranched alkanes of at least 4 members (excludes halogenated alkanes) is 2. The average molecular weight is 478 g/mol. The highest BCUT2D eigenvalue weighted by Crippen LogP contribution is 2.44. The highest BCUT2D eigenvalue weighted by molar-refractivity contribution is 5.85. The Morgan fingerprint density at radius 3 is 2.29 bits per heavy atom. The molecule has 8 heteroatoms. The van der Waals surface area contributed by atoms with Gasteiger partial charge in [0.25, 0.3) is 0 Å². The van der Waals surface area contributed by atoms with Crippen molar-refractivity contribution in [1.29, 1.82) is 5.26 Å². The maximum Gasteiger partial charge on any atom is 0.407 e. The molecule has 0 bridgehead atoms. The highest BCUT2D eigenvalue weighted by Gasteiger charge is 2.30. The van der Waals surface area contributed by atoms with Crippen LogP contribution in [0.4, 0.5) is 4.79 Å². The molecule has 0 spiro atoms. The molecule has 184 valence electrons. The molecule has 2 aromatic rings. The van der Waals surface area contributed by atoms with Gasteiger partial charge in [-0.2, -0.15) is 5.26 Å². The second-order valence-corrected chi connectivity index (χ2v) is 8.68. The number of ether oxygens (including phenoxy) is 1. The van der Waals surface area contributed by atoms with E-state index in [-0.39, 0.29) is 31.4 Å². The van der Waals surface area contributed by atoms with Crippen LogP contribution in [0.3, 0.4) is 0 Å². The smallest absolute Gasteiger partial charge is 0.407 e. The fourth-order valence-corrected chi connectivity index (χ4v) is 4.44. The minimum Gasteiger partial charge on any atom is -0.481 e. The molecule has 2 amide bonds. The van der Waals surface area contributed by atoms with Crippen LogP contribution in [0, 0.1) is 11.3 Å². The maximum absolute atomic E-state index is 12.9. The Hall–Kier alpha value is -3.86. The zero-order valence-electron chi connectivity index (χ0n) is 19.9. The van der Waals surface area contributed by atoms with Crippen LogP contribution in [0.2, 0.25) is 0 Å². The molecule has 3 rings (SSSR count). The lowest BCUT2D eigenvalue weighted by Crippen LogP contribution is -2.48. The van der Waals surface area contributed by atoms with Crippen molar-refractivity contribution in [3.8, 4) is 17.2 Å². The lowest BCUT2D eigenvalue weighted by atomic mass is 9.98. The topological polar surface area (TPSA) is 120 Å². The van der Waals surface area contributed by atoms with E-state index in [1.54, 1.807) is 7.05 Å². The molecular formula is C27H31N3O5. The van der Waals surface area contributed by atoms with Crippen molar-refractivity contribution >= 4 is 18.0 Å². The summed E-state index contributed by atoms with van der Waals surface area (Å²) in [5.41, 5.74) is 4.46. The number of benzene rings is 2. The Kier molecular flexibility index (Phi) is 9.24. The number of fused-ring (bicyclic) bond motifs is 3. The van der Waals surface area contributed by atoms with Crippen LogP contribution in [0.1, 0.15) is 55.6 Å². The Balaban J connectivity index is 1.62. The minimum absolute atomic E-state index is 0.0374. The second kappa shape index (κ2) is 12.6. The van der Waals surface area contributed by atoms with Gasteiger partial charge in [0.2, 0.25) is 5.91 Å². The van der Waals surface area contributed by atoms with Gasteiger partial charge in [-0.1, -0.05) is 48.5 Å². The molecule has 1 aliphatic rings. The molecule has 35 heavy (non-hydrogen) atoms. The van der Waals surface area contributed by atoms with Gasteiger partial charge < -0.3 is 20.1 Å². The molecule has 1 unspecified atom stereocenters. The van der Waals surface area contributed by atoms with Crippen LogP contribution in [-0.2, 0) is 14.3 Å². The summed E-state index contributed by atoms with van der Waals surface area (Å²) in [6.07, 6.45) is 1.57. The molecule has 0 fully saturated rings. The van der Waals surface area contributed by atoms with Crippen LogP contribution >= 0.6 is 0 Å². The zero-order chi connectivity index (χ0) is 25.2. The fourth-order valence-electron chi connectivity index (χ4n) is 4.44. The van der Waals surface area contributed by atoms with E-state index < -0.39 is 18.1 Å². The predicted octanol–water partition coefficient (Wildman–Crippen LogP) is 4.30. The van der Waals surface area contributed by atoms with E-state index in [0.29, 0.717) is 32.1 Å². The van der Waals surface area contributed by atoms with Crippen molar-refractivity contribution in [3.63, 3.8) is 0 Å². The molecule has 0 radical (unpaired) electrons. The number of likely N-dealkylation sites (N-methyl/N-ethyl adjacent to an activating group) is 1. The number of carboxylic acid groups (broad SMARTS) is 1. The van der Waals surface area contributed by atoms with E-state index in [0.717, 1.165) is 22.3 Å². The van der Waals surface area contributed by atoms with Crippen LogP contribution in [-0.4, -0.2) is 54.2 Å². The molecule has 0 saturated heterocycles. The molecular weight excluding hydrogens is 446 g/mol. The Morgan fingerprint density at radius 1 is 1.06 bits per heavy atom. The number of nitriles is 1. The zero-order valence-corrected chi connectivity index (χ0v) is 19.9. The van der Waals surface area contributed by atoms with Gasteiger partial charge in [0.1, 0.15) is 12.6 Å². The third-order valence-electron chi connectivity index (χ3n) is 6.23. The first-order valence-electron chi connectivity index (χ1n) is 11.9. The van der Waals surface area contributed by atoms with Gasteiger partial charge in [0, 0.05) is 32.4 Å². The monoisotopic (exact) mass is 477 g/mol. The number of carbonyl (C=O) groups excluding carboxylic acids is 2. The van der Waals surface area contributed by atoms with E-state index in [2.05, 4.69) is 23.5 Å². The van der Waals surface area contributed by atoms with Gasteiger partial charge >= 0.3 is 12.1 Å². The number of hydrogen-bond donors (Lipinski definition) is 2. The summed E-state index contributed by atoms with van der Waals surface area (Å²) < 4.78 is 5.59. The van der Waals surface area contributed by atoms with E-state index in [1.165, 1.54) is 4.90 Å². The number of amides is 2. The number of nitrogens with one attached hydrogen (secondary N) is 1. The van der Waals surface area contributed by atoms with Crippen LogP contribution in [0.15, 0.2) is 48.5 Å². The molecule has 1 aliphatic carbocycles. The van der Waals surface area contributed by atoms with Crippen molar-refractivity contribution in [2.75, 3.05) is 20.2 Å². The van der Waals surface area contributed by atoms with Crippen LogP contribution in [0.25, 0.3) is 11.1 Å². The lowest BCUT2D eigenvalue weighted by Gasteiger charge is -2.24. The summed E-state index contributed by atoms with van der Waals surface area (Å²) in [5.74, 6) is -1.31. The molecule has 2 aromatic carbocycles. The summed E-state index contributed by atoms with van der Waals surface area (Å²) in [7, 11) is 1.59. The number of rotatable bonds is 12. The standard InChI is InChI=1S/C27H31N3O5/c1-30(17-9-15-25(31)32)26(33)24(14-3-2-8-16-28)29-27(34)35-18-23-21-12-6-4-10-19(21)20-11-5-7-13-22(20)23/h4-7,10-13,23-24H,2-3,8-9,14-15,17-18H2,1H3,(H,29,34)(H,31,32). The quantitative estimate of drug-likeness (QED) is 0.440. The Labute approximate surface area is 205 Å². The first-order valence-corrected chi connectivity index (χ1v) is 11.9. The third-order valence-corrected chi connectivity index (χ3v) is 6.23. The molecule has 0 aliphatic heterocycles. The largest absolute Gasteiger partial charge is 0.481 e. The van der Waals surface area contributed by atoms with Crippen molar-refractivity contribution in [1.82, 2.24) is 10.2 Å². The van der Waals surface area contributed by atoms with Crippen molar-refractivity contribution < 1.29 is 24.2 Å². The van der Waals surface area contributed by atoms with Crippen LogP contribution < -0.4 is 5.32 Å². The van der Waals surface area contributed by atoms with E-state index in [9.17, 15) is 14.4 Å². The van der Waals surface area contributed by atoms with Gasteiger partial charge in [-0.15, -0.1) is 0 Å². The molecule has 1 atom stereocenters. The number of carboxylic acids is 1. The summed E-state index contributed by atoms with van der Waals surface area (Å²) >= 11 is 0. The predicted molar refractivity (Wildman–Crippen MR) is 131 cm³/mol. The van der Waals surface area contributed by atoms with Crippen LogP contribution in [0.5, 0.6) is 0 Å². The van der Waals surface area contributed by atoms with Gasteiger partial charge in [0.15, 0.2) is 0 Å². The number of carbonyl (C=O) groups is 3. The van der Waals surface area contributed by atoms with E-state index in [1.807, 2.05) is 36.4 Å². The van der Waals surface area contributed by atoms with Crippen molar-refractivity contribution in [2.24, 2.45) is 0 Å². The summed E-state index contributed by atoms with van der Waals surface area (Å²) in [6, 6.07) is 17.4. The number of alkyl carbamates (subject to hydrolysis) is 1. The third kappa shape index (κ3) is 6.82. The number of nitrogens with zero attached hydrogens (tertiary/aromatic N) is 2. The van der Waals surface area contributed by atoms with Gasteiger partial charge in [-0.25, -0.2) is 4.79 Å². The fraction of sp³-hybridized carbons (Fsp3) is 0.407. The molecule has 0 aromatic heterocycles. The minimum atomic E-state index is -0.921. The number of hydrogen-bond acceptors (Lipinski definition) is 5. The summed E-state index contributed by atoms with van der Waals surface area (Å²) in [5, 5.41) is 20.3. The normalized spacial score (nSPS) is 12.7. The van der Waals surface area contributed by atoms with E-state index >= 15 is 0 Å². The SMILES string of the molecule is CN(CCCC(=O)O)C(=O)C(CCCCC#N)NC(=O)OCC1c2ccccc2-c2ccccc21. The Bertz CT molecular complexity index is 1050. The highest BCUT2D eigenvalue weighted by atomic mass is 16.5. The van der Waals surface area contributed by atoms with Crippen molar-refractivity contribution in [3.05, 3.63) is 59.7 Å². The summed E-state index contributed by atoms with van der Waals surface area (Å²) in [6.45, 7) is 0.413. The Morgan fingerprint density at radius 2 is 1.69 bits per heavy atom. The molecule has 8 nitrogen and oxygen atoms in total. The van der Waals surface area contributed by atoms with E-state index in [4.69, 9.17) is 15.1 Å². The number of aliphatic carboxylic acids is 1. The molecule has 2 N–H and O–H groups in total. The maximum atomic E-state index is 12.9. The average Bonchev–Trinajstić information content (AvgIpc) is 3.17. The first-order chi connectivity index (χ1) is 16.9. The van der Waals surface area contributed by atoms with Gasteiger partial charge in [-0.05, 0) is 47.9 Å². The second-order valence-electron chi connectivity index (χ2n) is 8.68. The lowest BCUT2D eigenvalue weighted by molar-refractivity contribution is -0.138. The van der Waals surface area contributed by atoms with Gasteiger partial charge in [0.05, 0.1) is 6.07 Å². The molecule has 0 saturated carbocycles.